The van der Waals surface area contributed by atoms with E-state index in [1.807, 2.05) is 31.2 Å². The van der Waals surface area contributed by atoms with Gasteiger partial charge in [-0.3, -0.25) is 4.79 Å². The van der Waals surface area contributed by atoms with Gasteiger partial charge in [-0.2, -0.15) is 0 Å². The van der Waals surface area contributed by atoms with Crippen LogP contribution in [-0.2, 0) is 4.79 Å². The van der Waals surface area contributed by atoms with E-state index in [0.717, 1.165) is 11.1 Å². The van der Waals surface area contributed by atoms with Crippen LogP contribution in [0.15, 0.2) is 42.1 Å². The van der Waals surface area contributed by atoms with Crippen molar-refractivity contribution < 1.29 is 4.79 Å². The highest BCUT2D eigenvalue weighted by Gasteiger charge is 2.19. The minimum Gasteiger partial charge on any atom is -0.352 e. The summed E-state index contributed by atoms with van der Waals surface area (Å²) in [7, 11) is 0. The van der Waals surface area contributed by atoms with Gasteiger partial charge in [-0.15, -0.1) is 16.8 Å². The van der Waals surface area contributed by atoms with Crippen molar-refractivity contribution in [2.24, 2.45) is 0 Å². The van der Waals surface area contributed by atoms with Crippen molar-refractivity contribution in [3.63, 3.8) is 0 Å². The maximum Gasteiger partial charge on any atom is 0.233 e. The number of nitrogens with one attached hydrogen (secondary N) is 1. The first-order valence-electron chi connectivity index (χ1n) is 6.85. The lowest BCUT2D eigenvalue weighted by Gasteiger charge is -2.10. The molecule has 0 bridgehead atoms. The van der Waals surface area contributed by atoms with E-state index in [-0.39, 0.29) is 11.2 Å². The number of aryl methyl sites for hydroxylation is 1. The first kappa shape index (κ1) is 16.1. The van der Waals surface area contributed by atoms with E-state index in [1.165, 1.54) is 16.4 Å². The molecule has 1 atom stereocenters. The zero-order valence-electron chi connectivity index (χ0n) is 12.6. The minimum atomic E-state index is -0.322. The quantitative estimate of drug-likeness (QED) is 0.481. The molecule has 6 nitrogen and oxygen atoms in total. The molecule has 1 heterocycles. The van der Waals surface area contributed by atoms with Crippen molar-refractivity contribution in [3.8, 4) is 11.4 Å². The molecule has 0 fully saturated rings. The molecule has 22 heavy (non-hydrogen) atoms. The third-order valence-electron chi connectivity index (χ3n) is 3.05. The van der Waals surface area contributed by atoms with Crippen molar-refractivity contribution >= 4 is 17.7 Å². The maximum atomic E-state index is 11.9. The van der Waals surface area contributed by atoms with Gasteiger partial charge >= 0.3 is 0 Å². The van der Waals surface area contributed by atoms with Crippen molar-refractivity contribution in [1.29, 1.82) is 0 Å². The summed E-state index contributed by atoms with van der Waals surface area (Å²) in [5, 5.41) is 11.1. The summed E-state index contributed by atoms with van der Waals surface area (Å²) in [6, 6.07) is 7.86. The molecule has 3 N–H and O–H groups in total. The van der Waals surface area contributed by atoms with Crippen LogP contribution in [0.3, 0.4) is 0 Å². The monoisotopic (exact) mass is 317 g/mol. The molecular formula is C15H19N5OS. The molecule has 1 aromatic carbocycles. The number of amides is 1. The zero-order valence-corrected chi connectivity index (χ0v) is 13.4. The van der Waals surface area contributed by atoms with Crippen molar-refractivity contribution in [1.82, 2.24) is 20.2 Å². The van der Waals surface area contributed by atoms with E-state index in [1.54, 1.807) is 13.0 Å². The largest absolute Gasteiger partial charge is 0.352 e. The molecule has 0 saturated carbocycles. The van der Waals surface area contributed by atoms with Crippen molar-refractivity contribution in [2.75, 3.05) is 12.4 Å². The van der Waals surface area contributed by atoms with E-state index in [2.05, 4.69) is 22.1 Å². The number of nitrogen functional groups attached to an aromatic ring is 1. The molecular weight excluding hydrogens is 298 g/mol. The van der Waals surface area contributed by atoms with Crippen LogP contribution >= 0.6 is 11.8 Å². The minimum absolute atomic E-state index is 0.0928. The Morgan fingerprint density at radius 2 is 2.14 bits per heavy atom. The molecule has 0 radical (unpaired) electrons. The van der Waals surface area contributed by atoms with Gasteiger partial charge in [0.25, 0.3) is 0 Å². The van der Waals surface area contributed by atoms with Crippen LogP contribution in [0, 0.1) is 6.92 Å². The van der Waals surface area contributed by atoms with Gasteiger partial charge < -0.3 is 11.2 Å². The average Bonchev–Trinajstić information content (AvgIpc) is 2.86. The Kier molecular flexibility index (Phi) is 5.21. The van der Waals surface area contributed by atoms with E-state index in [4.69, 9.17) is 5.84 Å². The van der Waals surface area contributed by atoms with E-state index >= 15 is 0 Å². The summed E-state index contributed by atoms with van der Waals surface area (Å²) >= 11 is 1.27. The number of benzene rings is 1. The highest BCUT2D eigenvalue weighted by molar-refractivity contribution is 8.00. The summed E-state index contributed by atoms with van der Waals surface area (Å²) < 4.78 is 1.41. The van der Waals surface area contributed by atoms with Crippen LogP contribution in [0.25, 0.3) is 11.4 Å². The molecule has 1 amide bonds. The summed E-state index contributed by atoms with van der Waals surface area (Å²) in [4.78, 5) is 11.9. The second-order valence-electron chi connectivity index (χ2n) is 4.84. The molecule has 0 saturated heterocycles. The Hall–Kier alpha value is -2.28. The van der Waals surface area contributed by atoms with Gasteiger partial charge in [0.05, 0.1) is 5.25 Å². The van der Waals surface area contributed by atoms with Crippen LogP contribution < -0.4 is 11.2 Å². The van der Waals surface area contributed by atoms with Crippen LogP contribution in [-0.4, -0.2) is 32.6 Å². The van der Waals surface area contributed by atoms with Gasteiger partial charge in [0.1, 0.15) is 0 Å². The number of nitrogens with zero attached hydrogens (tertiary/aromatic N) is 3. The van der Waals surface area contributed by atoms with Crippen molar-refractivity contribution in [2.45, 2.75) is 24.3 Å². The normalized spacial score (nSPS) is 11.9. The third-order valence-corrected chi connectivity index (χ3v) is 4.10. The summed E-state index contributed by atoms with van der Waals surface area (Å²) in [6.07, 6.45) is 1.64. The third kappa shape index (κ3) is 3.67. The molecule has 0 aliphatic carbocycles. The van der Waals surface area contributed by atoms with Gasteiger partial charge in [0, 0.05) is 12.1 Å². The predicted molar refractivity (Wildman–Crippen MR) is 88.9 cm³/mol. The molecule has 116 valence electrons. The first-order chi connectivity index (χ1) is 10.5. The standard InChI is InChI=1S/C15H19N5OS/c1-4-9-17-14(21)11(3)22-15-19-18-13(20(15)16)12-7-5-10(2)6-8-12/h4-8,11H,1,9,16H2,2-3H3,(H,17,21)/t11-/m1/s1. The molecule has 0 aliphatic rings. The highest BCUT2D eigenvalue weighted by atomic mass is 32.2. The molecule has 2 aromatic rings. The van der Waals surface area contributed by atoms with Gasteiger partial charge in [0.2, 0.25) is 11.1 Å². The number of thioether (sulfide) groups is 1. The first-order valence-corrected chi connectivity index (χ1v) is 7.73. The fourth-order valence-corrected chi connectivity index (χ4v) is 2.58. The fraction of sp³-hybridized carbons (Fsp3) is 0.267. The predicted octanol–water partition coefficient (Wildman–Crippen LogP) is 1.75. The number of nitrogens with two attached hydrogens (primary N) is 1. The Bertz CT molecular complexity index is 665. The zero-order chi connectivity index (χ0) is 16.1. The number of hydrogen-bond acceptors (Lipinski definition) is 5. The van der Waals surface area contributed by atoms with Gasteiger partial charge in [-0.05, 0) is 13.8 Å². The number of carbonyl (C=O) groups excluding carboxylic acids is 1. The second-order valence-corrected chi connectivity index (χ2v) is 6.14. The lowest BCUT2D eigenvalue weighted by atomic mass is 10.1. The summed E-state index contributed by atoms with van der Waals surface area (Å²) in [5.41, 5.74) is 2.05. The van der Waals surface area contributed by atoms with Crippen LogP contribution in [0.2, 0.25) is 0 Å². The van der Waals surface area contributed by atoms with Gasteiger partial charge in [0.15, 0.2) is 5.82 Å². The lowest BCUT2D eigenvalue weighted by molar-refractivity contribution is -0.120. The Morgan fingerprint density at radius 3 is 2.77 bits per heavy atom. The van der Waals surface area contributed by atoms with Gasteiger partial charge in [-0.25, -0.2) is 4.68 Å². The maximum absolute atomic E-state index is 11.9. The van der Waals surface area contributed by atoms with Crippen LogP contribution in [0.5, 0.6) is 0 Å². The molecule has 0 spiro atoms. The summed E-state index contributed by atoms with van der Waals surface area (Å²) in [6.45, 7) is 7.81. The Morgan fingerprint density at radius 1 is 1.45 bits per heavy atom. The SMILES string of the molecule is C=CCNC(=O)[C@@H](C)Sc1nnc(-c2ccc(C)cc2)n1N. The van der Waals surface area contributed by atoms with Crippen LogP contribution in [0.4, 0.5) is 0 Å². The highest BCUT2D eigenvalue weighted by Crippen LogP contribution is 2.24. The molecule has 7 heteroatoms. The number of hydrogen-bond donors (Lipinski definition) is 2. The summed E-state index contributed by atoms with van der Waals surface area (Å²) in [5.74, 6) is 6.52. The van der Waals surface area contributed by atoms with Gasteiger partial charge in [-0.1, -0.05) is 47.7 Å². The Labute approximate surface area is 133 Å². The number of carbonyl (C=O) groups is 1. The number of aromatic nitrogens is 3. The van der Waals surface area contributed by atoms with Crippen molar-refractivity contribution in [3.05, 3.63) is 42.5 Å². The molecule has 2 rings (SSSR count). The molecule has 1 aromatic heterocycles. The average molecular weight is 317 g/mol. The topological polar surface area (TPSA) is 85.8 Å². The smallest absolute Gasteiger partial charge is 0.233 e. The van der Waals surface area contributed by atoms with Crippen LogP contribution in [0.1, 0.15) is 12.5 Å². The molecule has 0 aliphatic heterocycles. The lowest BCUT2D eigenvalue weighted by Crippen LogP contribution is -2.31. The van der Waals surface area contributed by atoms with E-state index < -0.39 is 0 Å². The van der Waals surface area contributed by atoms with E-state index in [0.29, 0.717) is 17.5 Å². The van der Waals surface area contributed by atoms with E-state index in [9.17, 15) is 4.79 Å². The fourth-order valence-electron chi connectivity index (χ4n) is 1.79. The number of rotatable bonds is 6. The second kappa shape index (κ2) is 7.13. The molecule has 0 unspecified atom stereocenters. The Balaban J connectivity index is 2.12.